The van der Waals surface area contributed by atoms with E-state index in [0.29, 0.717) is 11.4 Å². The van der Waals surface area contributed by atoms with Crippen LogP contribution in [-0.4, -0.2) is 16.1 Å². The van der Waals surface area contributed by atoms with Crippen molar-refractivity contribution in [2.24, 2.45) is 0 Å². The molecule has 0 saturated heterocycles. The van der Waals surface area contributed by atoms with Gasteiger partial charge in [0.1, 0.15) is 28.7 Å². The second kappa shape index (κ2) is 4.92. The number of nitrogens with zero attached hydrogens (tertiary/aromatic N) is 1. The molecule has 1 N–H and O–H groups in total. The van der Waals surface area contributed by atoms with Gasteiger partial charge in [0.2, 0.25) is 0 Å². The molecule has 2 aromatic rings. The van der Waals surface area contributed by atoms with Crippen molar-refractivity contribution in [3.8, 4) is 5.75 Å². The molecule has 0 bridgehead atoms. The first kappa shape index (κ1) is 11.5. The molecule has 17 heavy (non-hydrogen) atoms. The summed E-state index contributed by atoms with van der Waals surface area (Å²) in [7, 11) is 0. The minimum atomic E-state index is -1.02. The van der Waals surface area contributed by atoms with E-state index in [4.69, 9.17) is 9.84 Å². The third-order valence-corrected chi connectivity index (χ3v) is 2.88. The summed E-state index contributed by atoms with van der Waals surface area (Å²) in [6.07, 6.45) is 0. The van der Waals surface area contributed by atoms with Crippen LogP contribution in [0.15, 0.2) is 29.8 Å². The molecule has 0 atom stereocenters. The van der Waals surface area contributed by atoms with Crippen LogP contribution >= 0.6 is 11.3 Å². The molecule has 1 aromatic carbocycles. The van der Waals surface area contributed by atoms with E-state index in [1.54, 1.807) is 0 Å². The van der Waals surface area contributed by atoms with Crippen LogP contribution in [0.5, 0.6) is 5.75 Å². The average Bonchev–Trinajstić information content (AvgIpc) is 2.76. The predicted molar refractivity (Wildman–Crippen MR) is 59.8 cm³/mol. The molecule has 6 heteroatoms. The number of hydrogen-bond acceptors (Lipinski definition) is 4. The first-order chi connectivity index (χ1) is 8.16. The Bertz CT molecular complexity index is 524. The van der Waals surface area contributed by atoms with E-state index in [-0.39, 0.29) is 17.3 Å². The van der Waals surface area contributed by atoms with Crippen molar-refractivity contribution in [3.63, 3.8) is 0 Å². The normalized spacial score (nSPS) is 10.2. The quantitative estimate of drug-likeness (QED) is 0.909. The maximum atomic E-state index is 12.6. The molecular formula is C11H8FNO3S. The van der Waals surface area contributed by atoms with Crippen molar-refractivity contribution in [1.82, 2.24) is 4.98 Å². The molecule has 0 fully saturated rings. The van der Waals surface area contributed by atoms with E-state index in [0.717, 1.165) is 11.3 Å². The number of hydrogen-bond donors (Lipinski definition) is 1. The summed E-state index contributed by atoms with van der Waals surface area (Å²) < 4.78 is 17.9. The summed E-state index contributed by atoms with van der Waals surface area (Å²) in [6, 6.07) is 5.49. The number of carboxylic acids is 1. The van der Waals surface area contributed by atoms with Crippen molar-refractivity contribution in [2.75, 3.05) is 0 Å². The van der Waals surface area contributed by atoms with Crippen LogP contribution in [0.3, 0.4) is 0 Å². The van der Waals surface area contributed by atoms with Crippen molar-refractivity contribution in [2.45, 2.75) is 6.61 Å². The molecule has 2 rings (SSSR count). The van der Waals surface area contributed by atoms with Crippen molar-refractivity contribution >= 4 is 17.3 Å². The van der Waals surface area contributed by atoms with Crippen LogP contribution < -0.4 is 4.74 Å². The van der Waals surface area contributed by atoms with Crippen molar-refractivity contribution in [1.29, 1.82) is 0 Å². The van der Waals surface area contributed by atoms with E-state index in [9.17, 15) is 9.18 Å². The van der Waals surface area contributed by atoms with Gasteiger partial charge < -0.3 is 9.84 Å². The van der Waals surface area contributed by atoms with Crippen LogP contribution in [0.1, 0.15) is 15.4 Å². The maximum absolute atomic E-state index is 12.6. The Hall–Kier alpha value is -1.95. The third-order valence-electron chi connectivity index (χ3n) is 2.02. The van der Waals surface area contributed by atoms with Gasteiger partial charge in [0.05, 0.1) is 5.51 Å². The lowest BCUT2D eigenvalue weighted by Crippen LogP contribution is -2.03. The molecule has 0 saturated carbocycles. The van der Waals surface area contributed by atoms with Crippen LogP contribution in [-0.2, 0) is 6.61 Å². The lowest BCUT2D eigenvalue weighted by atomic mass is 10.3. The van der Waals surface area contributed by atoms with Gasteiger partial charge in [0.15, 0.2) is 0 Å². The zero-order valence-corrected chi connectivity index (χ0v) is 9.41. The van der Waals surface area contributed by atoms with Gasteiger partial charge in [0.25, 0.3) is 0 Å². The number of rotatable bonds is 4. The molecule has 0 aliphatic rings. The molecular weight excluding hydrogens is 245 g/mol. The van der Waals surface area contributed by atoms with E-state index >= 15 is 0 Å². The first-order valence-corrected chi connectivity index (χ1v) is 5.59. The van der Waals surface area contributed by atoms with Gasteiger partial charge in [-0.15, -0.1) is 11.3 Å². The Balaban J connectivity index is 2.05. The molecule has 88 valence electrons. The Kier molecular flexibility index (Phi) is 3.34. The molecule has 0 amide bonds. The second-order valence-corrected chi connectivity index (χ2v) is 4.03. The van der Waals surface area contributed by atoms with Gasteiger partial charge in [-0.2, -0.15) is 0 Å². The zero-order valence-electron chi connectivity index (χ0n) is 8.59. The first-order valence-electron chi connectivity index (χ1n) is 4.71. The molecule has 1 heterocycles. The molecule has 0 unspecified atom stereocenters. The number of halogens is 1. The number of benzene rings is 1. The predicted octanol–water partition coefficient (Wildman–Crippen LogP) is 2.56. The Morgan fingerprint density at radius 3 is 2.76 bits per heavy atom. The van der Waals surface area contributed by atoms with E-state index < -0.39 is 5.97 Å². The van der Waals surface area contributed by atoms with Crippen molar-refractivity contribution < 1.29 is 19.0 Å². The van der Waals surface area contributed by atoms with Gasteiger partial charge in [0, 0.05) is 0 Å². The summed E-state index contributed by atoms with van der Waals surface area (Å²) in [5.41, 5.74) is 1.82. The van der Waals surface area contributed by atoms with Gasteiger partial charge in [-0.05, 0) is 24.3 Å². The minimum Gasteiger partial charge on any atom is -0.487 e. The van der Waals surface area contributed by atoms with Crippen molar-refractivity contribution in [3.05, 3.63) is 46.2 Å². The molecule has 1 aromatic heterocycles. The summed E-state index contributed by atoms with van der Waals surface area (Å²) in [4.78, 5) is 14.9. The topological polar surface area (TPSA) is 59.4 Å². The Labute approximate surface area is 100 Å². The summed E-state index contributed by atoms with van der Waals surface area (Å²) in [5.74, 6) is -0.904. The molecule has 4 nitrogen and oxygen atoms in total. The average molecular weight is 253 g/mol. The maximum Gasteiger partial charge on any atom is 0.347 e. The van der Waals surface area contributed by atoms with Crippen LogP contribution in [0.4, 0.5) is 4.39 Å². The molecule has 0 radical (unpaired) electrons. The standard InChI is InChI=1S/C11H8FNO3S/c12-7-1-3-8(4-2-7)16-5-9-10(11(14)15)17-6-13-9/h1-4,6H,5H2,(H,14,15). The van der Waals surface area contributed by atoms with E-state index in [1.165, 1.54) is 29.8 Å². The molecule has 0 spiro atoms. The fourth-order valence-electron chi connectivity index (χ4n) is 1.23. The fraction of sp³-hybridized carbons (Fsp3) is 0.0909. The summed E-state index contributed by atoms with van der Waals surface area (Å²) >= 11 is 1.04. The lowest BCUT2D eigenvalue weighted by molar-refractivity contribution is 0.0699. The second-order valence-electron chi connectivity index (χ2n) is 3.18. The largest absolute Gasteiger partial charge is 0.487 e. The smallest absolute Gasteiger partial charge is 0.347 e. The lowest BCUT2D eigenvalue weighted by Gasteiger charge is -2.04. The summed E-state index contributed by atoms with van der Waals surface area (Å²) in [5, 5.41) is 8.85. The van der Waals surface area contributed by atoms with E-state index in [2.05, 4.69) is 4.98 Å². The number of thiazole rings is 1. The van der Waals surface area contributed by atoms with Crippen LogP contribution in [0, 0.1) is 5.82 Å². The number of carbonyl (C=O) groups is 1. The highest BCUT2D eigenvalue weighted by Crippen LogP contribution is 2.17. The van der Waals surface area contributed by atoms with Gasteiger partial charge in [-0.3, -0.25) is 0 Å². The fourth-order valence-corrected chi connectivity index (χ4v) is 1.86. The highest BCUT2D eigenvalue weighted by Gasteiger charge is 2.13. The monoisotopic (exact) mass is 253 g/mol. The molecule has 0 aliphatic heterocycles. The number of aromatic nitrogens is 1. The van der Waals surface area contributed by atoms with Gasteiger partial charge >= 0.3 is 5.97 Å². The third kappa shape index (κ3) is 2.79. The highest BCUT2D eigenvalue weighted by molar-refractivity contribution is 7.11. The Morgan fingerprint density at radius 2 is 2.12 bits per heavy atom. The zero-order chi connectivity index (χ0) is 12.3. The van der Waals surface area contributed by atoms with Crippen LogP contribution in [0.25, 0.3) is 0 Å². The number of carboxylic acid groups (broad SMARTS) is 1. The van der Waals surface area contributed by atoms with Gasteiger partial charge in [-0.25, -0.2) is 14.2 Å². The van der Waals surface area contributed by atoms with Gasteiger partial charge in [-0.1, -0.05) is 0 Å². The van der Waals surface area contributed by atoms with Crippen LogP contribution in [0.2, 0.25) is 0 Å². The SMILES string of the molecule is O=C(O)c1scnc1COc1ccc(F)cc1. The number of ether oxygens (including phenoxy) is 1. The minimum absolute atomic E-state index is 0.0523. The Morgan fingerprint density at radius 1 is 1.41 bits per heavy atom. The highest BCUT2D eigenvalue weighted by atomic mass is 32.1. The summed E-state index contributed by atoms with van der Waals surface area (Å²) in [6.45, 7) is 0.0523. The number of aromatic carboxylic acids is 1. The molecule has 0 aliphatic carbocycles. The van der Waals surface area contributed by atoms with E-state index in [1.807, 2.05) is 0 Å².